The Labute approximate surface area is 126 Å². The number of hydrogen-bond acceptors (Lipinski definition) is 3. The second-order valence-corrected chi connectivity index (χ2v) is 7.02. The summed E-state index contributed by atoms with van der Waals surface area (Å²) in [5.41, 5.74) is 0.977. The van der Waals surface area contributed by atoms with Gasteiger partial charge in [-0.25, -0.2) is 0 Å². The molecule has 0 bridgehead atoms. The van der Waals surface area contributed by atoms with E-state index in [0.29, 0.717) is 18.1 Å². The number of nitrogens with zero attached hydrogens (tertiary/aromatic N) is 1. The van der Waals surface area contributed by atoms with E-state index in [1.807, 2.05) is 12.1 Å². The number of carboxylic acids is 1. The Hall–Kier alpha value is -1.58. The van der Waals surface area contributed by atoms with Crippen LogP contribution < -0.4 is 4.74 Å². The summed E-state index contributed by atoms with van der Waals surface area (Å²) in [7, 11) is 1.61. The fourth-order valence-electron chi connectivity index (χ4n) is 3.41. The Morgan fingerprint density at radius 1 is 1.38 bits per heavy atom. The molecule has 4 heteroatoms. The molecule has 1 aliphatic rings. The van der Waals surface area contributed by atoms with Gasteiger partial charge in [-0.2, -0.15) is 0 Å². The zero-order valence-corrected chi connectivity index (χ0v) is 13.3. The average molecular weight is 291 g/mol. The van der Waals surface area contributed by atoms with Gasteiger partial charge in [0, 0.05) is 12.1 Å². The molecule has 4 nitrogen and oxygen atoms in total. The van der Waals surface area contributed by atoms with Crippen LogP contribution in [0.5, 0.6) is 5.75 Å². The van der Waals surface area contributed by atoms with Crippen molar-refractivity contribution in [3.05, 3.63) is 24.0 Å². The molecule has 0 amide bonds. The van der Waals surface area contributed by atoms with E-state index in [9.17, 15) is 9.90 Å². The highest BCUT2D eigenvalue weighted by Crippen LogP contribution is 2.48. The minimum Gasteiger partial charge on any atom is -0.495 e. The molecule has 0 spiro atoms. The van der Waals surface area contributed by atoms with Crippen LogP contribution in [0, 0.1) is 17.3 Å². The number of methoxy groups -OCH3 is 1. The Bertz CT molecular complexity index is 507. The van der Waals surface area contributed by atoms with Crippen LogP contribution >= 0.6 is 0 Å². The Morgan fingerprint density at radius 3 is 2.67 bits per heavy atom. The molecule has 1 aromatic heterocycles. The van der Waals surface area contributed by atoms with Gasteiger partial charge in [-0.05, 0) is 42.7 Å². The summed E-state index contributed by atoms with van der Waals surface area (Å²) in [5.74, 6) is 0.0391. The summed E-state index contributed by atoms with van der Waals surface area (Å²) in [4.78, 5) is 16.1. The van der Waals surface area contributed by atoms with E-state index in [1.165, 1.54) is 0 Å². The minimum atomic E-state index is -0.722. The molecule has 2 rings (SSSR count). The van der Waals surface area contributed by atoms with E-state index in [1.54, 1.807) is 13.3 Å². The van der Waals surface area contributed by atoms with Gasteiger partial charge in [0.05, 0.1) is 18.7 Å². The number of aliphatic carboxylic acids is 1. The topological polar surface area (TPSA) is 59.4 Å². The summed E-state index contributed by atoms with van der Waals surface area (Å²) in [6.07, 6.45) is 4.25. The standard InChI is InChI=1S/C17H25NO3/c1-17(2,3)11-7-8-12(16(19)20)13(10-11)15-14(21-4)6-5-9-18-15/h5-6,9,11-13H,7-8,10H2,1-4H3,(H,19,20). The zero-order chi connectivity index (χ0) is 15.6. The van der Waals surface area contributed by atoms with Crippen LogP contribution in [0.1, 0.15) is 51.6 Å². The van der Waals surface area contributed by atoms with Gasteiger partial charge in [-0.3, -0.25) is 9.78 Å². The third kappa shape index (κ3) is 3.36. The lowest BCUT2D eigenvalue weighted by molar-refractivity contribution is -0.144. The number of carbonyl (C=O) groups is 1. The second kappa shape index (κ2) is 6.04. The van der Waals surface area contributed by atoms with Crippen molar-refractivity contribution in [2.24, 2.45) is 17.3 Å². The van der Waals surface area contributed by atoms with Crippen molar-refractivity contribution < 1.29 is 14.6 Å². The van der Waals surface area contributed by atoms with Crippen LogP contribution in [0.4, 0.5) is 0 Å². The maximum Gasteiger partial charge on any atom is 0.307 e. The number of ether oxygens (including phenoxy) is 1. The number of pyridine rings is 1. The quantitative estimate of drug-likeness (QED) is 0.922. The van der Waals surface area contributed by atoms with Crippen molar-refractivity contribution in [2.45, 2.75) is 46.0 Å². The fourth-order valence-corrected chi connectivity index (χ4v) is 3.41. The summed E-state index contributed by atoms with van der Waals surface area (Å²) < 4.78 is 5.39. The molecule has 1 aromatic rings. The van der Waals surface area contributed by atoms with Crippen molar-refractivity contribution in [1.29, 1.82) is 0 Å². The highest BCUT2D eigenvalue weighted by Gasteiger charge is 2.41. The molecular weight excluding hydrogens is 266 g/mol. The molecule has 0 radical (unpaired) electrons. The van der Waals surface area contributed by atoms with E-state index in [-0.39, 0.29) is 17.3 Å². The van der Waals surface area contributed by atoms with E-state index >= 15 is 0 Å². The molecule has 1 aliphatic carbocycles. The molecule has 3 unspecified atom stereocenters. The highest BCUT2D eigenvalue weighted by atomic mass is 16.5. The summed E-state index contributed by atoms with van der Waals surface area (Å²) in [6, 6.07) is 3.68. The van der Waals surface area contributed by atoms with Crippen molar-refractivity contribution >= 4 is 5.97 Å². The third-order valence-electron chi connectivity index (χ3n) is 4.76. The molecule has 1 N–H and O–H groups in total. The number of hydrogen-bond donors (Lipinski definition) is 1. The highest BCUT2D eigenvalue weighted by molar-refractivity contribution is 5.71. The molecule has 1 heterocycles. The van der Waals surface area contributed by atoms with Gasteiger partial charge < -0.3 is 9.84 Å². The lowest BCUT2D eigenvalue weighted by atomic mass is 9.64. The first-order valence-corrected chi connectivity index (χ1v) is 7.56. The molecule has 0 aliphatic heterocycles. The van der Waals surface area contributed by atoms with E-state index in [0.717, 1.165) is 18.5 Å². The first-order valence-electron chi connectivity index (χ1n) is 7.56. The molecule has 116 valence electrons. The van der Waals surface area contributed by atoms with Crippen molar-refractivity contribution in [3.8, 4) is 5.75 Å². The molecule has 21 heavy (non-hydrogen) atoms. The van der Waals surface area contributed by atoms with Crippen molar-refractivity contribution in [2.75, 3.05) is 7.11 Å². The largest absolute Gasteiger partial charge is 0.495 e. The maximum atomic E-state index is 11.6. The van der Waals surface area contributed by atoms with Crippen LogP contribution in [0.15, 0.2) is 18.3 Å². The van der Waals surface area contributed by atoms with Crippen molar-refractivity contribution in [3.63, 3.8) is 0 Å². The maximum absolute atomic E-state index is 11.6. The summed E-state index contributed by atoms with van der Waals surface area (Å²) in [5, 5.41) is 9.55. The Morgan fingerprint density at radius 2 is 2.10 bits per heavy atom. The molecular formula is C17H25NO3. The van der Waals surface area contributed by atoms with E-state index in [2.05, 4.69) is 25.8 Å². The van der Waals surface area contributed by atoms with E-state index in [4.69, 9.17) is 4.74 Å². The van der Waals surface area contributed by atoms with Crippen LogP contribution in [0.25, 0.3) is 0 Å². The molecule has 3 atom stereocenters. The molecule has 0 aromatic carbocycles. The van der Waals surface area contributed by atoms with Crippen LogP contribution in [-0.2, 0) is 4.79 Å². The number of carboxylic acid groups (broad SMARTS) is 1. The van der Waals surface area contributed by atoms with Crippen molar-refractivity contribution in [1.82, 2.24) is 4.98 Å². The van der Waals surface area contributed by atoms with Gasteiger partial charge in [-0.15, -0.1) is 0 Å². The summed E-state index contributed by atoms with van der Waals surface area (Å²) in [6.45, 7) is 6.68. The molecule has 0 saturated heterocycles. The minimum absolute atomic E-state index is 0.0726. The monoisotopic (exact) mass is 291 g/mol. The number of aromatic nitrogens is 1. The van der Waals surface area contributed by atoms with Crippen LogP contribution in [0.3, 0.4) is 0 Å². The van der Waals surface area contributed by atoms with Gasteiger partial charge in [-0.1, -0.05) is 20.8 Å². The van der Waals surface area contributed by atoms with Gasteiger partial charge >= 0.3 is 5.97 Å². The smallest absolute Gasteiger partial charge is 0.307 e. The number of rotatable bonds is 3. The lowest BCUT2D eigenvalue weighted by Gasteiger charge is -2.40. The van der Waals surface area contributed by atoms with Crippen LogP contribution in [-0.4, -0.2) is 23.2 Å². The predicted octanol–water partition coefficient (Wildman–Crippen LogP) is 3.72. The van der Waals surface area contributed by atoms with Gasteiger partial charge in [0.2, 0.25) is 0 Å². The lowest BCUT2D eigenvalue weighted by Crippen LogP contribution is -2.34. The van der Waals surface area contributed by atoms with Crippen LogP contribution in [0.2, 0.25) is 0 Å². The first kappa shape index (κ1) is 15.8. The van der Waals surface area contributed by atoms with Gasteiger partial charge in [0.25, 0.3) is 0 Å². The first-order chi connectivity index (χ1) is 9.84. The Kier molecular flexibility index (Phi) is 4.55. The zero-order valence-electron chi connectivity index (χ0n) is 13.3. The average Bonchev–Trinajstić information content (AvgIpc) is 2.45. The van der Waals surface area contributed by atoms with Gasteiger partial charge in [0.15, 0.2) is 0 Å². The normalized spacial score (nSPS) is 26.4. The molecule has 1 saturated carbocycles. The van der Waals surface area contributed by atoms with Gasteiger partial charge in [0.1, 0.15) is 5.75 Å². The van der Waals surface area contributed by atoms with E-state index < -0.39 is 5.97 Å². The summed E-state index contributed by atoms with van der Waals surface area (Å²) >= 11 is 0. The Balaban J connectivity index is 2.36. The fraction of sp³-hybridized carbons (Fsp3) is 0.647. The third-order valence-corrected chi connectivity index (χ3v) is 4.76. The SMILES string of the molecule is COc1cccnc1C1CC(C(C)(C)C)CCC1C(=O)O. The second-order valence-electron chi connectivity index (χ2n) is 7.02. The molecule has 1 fully saturated rings. The predicted molar refractivity (Wildman–Crippen MR) is 81.5 cm³/mol.